The van der Waals surface area contributed by atoms with E-state index in [-0.39, 0.29) is 42.6 Å². The molecular formula is C21H23NO7S. The first-order chi connectivity index (χ1) is 14.4. The quantitative estimate of drug-likeness (QED) is 0.621. The summed E-state index contributed by atoms with van der Waals surface area (Å²) < 4.78 is 15.1. The van der Waals surface area contributed by atoms with Gasteiger partial charge in [0.25, 0.3) is 0 Å². The van der Waals surface area contributed by atoms with Crippen molar-refractivity contribution in [2.24, 2.45) is 4.99 Å². The highest BCUT2D eigenvalue weighted by molar-refractivity contribution is 8.18. The van der Waals surface area contributed by atoms with Crippen LogP contribution >= 0.6 is 11.8 Å². The molecule has 0 aliphatic carbocycles. The van der Waals surface area contributed by atoms with Crippen molar-refractivity contribution < 1.29 is 33.7 Å². The maximum atomic E-state index is 12.2. The molecule has 1 aromatic carbocycles. The van der Waals surface area contributed by atoms with Crippen molar-refractivity contribution in [1.82, 2.24) is 0 Å². The normalized spacial score (nSPS) is 16.1. The Kier molecular flexibility index (Phi) is 8.67. The number of aliphatic hydroxyl groups is 1. The number of aliphatic imine (C=N–C) groups is 1. The van der Waals surface area contributed by atoms with Crippen molar-refractivity contribution in [3.63, 3.8) is 0 Å². The summed E-state index contributed by atoms with van der Waals surface area (Å²) in [6.45, 7) is 5.23. The molecule has 0 atom stereocenters. The van der Waals surface area contributed by atoms with Gasteiger partial charge >= 0.3 is 11.9 Å². The lowest BCUT2D eigenvalue weighted by molar-refractivity contribution is -0.145. The highest BCUT2D eigenvalue weighted by atomic mass is 32.2. The Morgan fingerprint density at radius 2 is 1.73 bits per heavy atom. The number of carbonyl (C=O) groups is 3. The Labute approximate surface area is 178 Å². The van der Waals surface area contributed by atoms with Crippen molar-refractivity contribution >= 4 is 40.7 Å². The second-order valence-electron chi connectivity index (χ2n) is 5.88. The fourth-order valence-corrected chi connectivity index (χ4v) is 3.37. The molecule has 0 aromatic heterocycles. The summed E-state index contributed by atoms with van der Waals surface area (Å²) in [5.41, 5.74) is 0.586. The molecule has 1 N–H and O–H groups in total. The maximum absolute atomic E-state index is 12.2. The van der Waals surface area contributed by atoms with Crippen molar-refractivity contribution in [3.8, 4) is 5.75 Å². The number of hydrogen-bond donors (Lipinski definition) is 1. The van der Waals surface area contributed by atoms with Crippen LogP contribution < -0.4 is 4.74 Å². The Balaban J connectivity index is 2.23. The molecule has 1 aliphatic heterocycles. The fraction of sp³-hybridized carbons (Fsp3) is 0.333. The van der Waals surface area contributed by atoms with Crippen LogP contribution in [0.5, 0.6) is 5.75 Å². The second kappa shape index (κ2) is 11.2. The summed E-state index contributed by atoms with van der Waals surface area (Å²) in [6.07, 6.45) is 1.82. The minimum atomic E-state index is -0.740. The molecule has 0 spiro atoms. The summed E-state index contributed by atoms with van der Waals surface area (Å²) in [5, 5.41) is 10.6. The van der Waals surface area contributed by atoms with Gasteiger partial charge in [-0.1, -0.05) is 30.8 Å². The van der Waals surface area contributed by atoms with Gasteiger partial charge in [0.1, 0.15) is 22.1 Å². The van der Waals surface area contributed by atoms with Crippen molar-refractivity contribution in [3.05, 3.63) is 46.1 Å². The molecule has 2 rings (SSSR count). The van der Waals surface area contributed by atoms with Crippen LogP contribution in [0.1, 0.15) is 32.8 Å². The number of ether oxygens (including phenoxy) is 3. The van der Waals surface area contributed by atoms with Crippen molar-refractivity contribution in [1.29, 1.82) is 0 Å². The summed E-state index contributed by atoms with van der Waals surface area (Å²) >= 11 is 1.02. The lowest BCUT2D eigenvalue weighted by Gasteiger charge is -2.06. The van der Waals surface area contributed by atoms with E-state index in [4.69, 9.17) is 14.2 Å². The minimum absolute atomic E-state index is 0.110. The molecule has 30 heavy (non-hydrogen) atoms. The predicted molar refractivity (Wildman–Crippen MR) is 113 cm³/mol. The standard InChI is InChI=1S/C21H23NO7S/c1-4-16(23)22-20-18(21(26)28-6-3)19(25)15(30-20)11-13-7-9-14(10-8-13)29-12-17(24)27-5-2/h7-11,25H,4-6,12H2,1-3H3/b15-11-,22-20?. The number of aliphatic hydroxyl groups excluding tert-OH is 1. The third-order valence-corrected chi connectivity index (χ3v) is 4.76. The van der Waals surface area contributed by atoms with E-state index in [1.54, 1.807) is 51.1 Å². The van der Waals surface area contributed by atoms with E-state index < -0.39 is 17.8 Å². The molecule has 1 heterocycles. The van der Waals surface area contributed by atoms with Gasteiger partial charge in [0.2, 0.25) is 5.91 Å². The van der Waals surface area contributed by atoms with Gasteiger partial charge in [0, 0.05) is 6.42 Å². The number of nitrogens with zero attached hydrogens (tertiary/aromatic N) is 1. The molecule has 1 aromatic rings. The average Bonchev–Trinajstić information content (AvgIpc) is 3.02. The number of esters is 2. The number of rotatable bonds is 8. The van der Waals surface area contributed by atoms with Crippen LogP contribution in [0.2, 0.25) is 0 Å². The molecule has 160 valence electrons. The van der Waals surface area contributed by atoms with Crippen molar-refractivity contribution in [2.75, 3.05) is 19.8 Å². The van der Waals surface area contributed by atoms with Gasteiger partial charge in [-0.25, -0.2) is 14.6 Å². The SMILES string of the molecule is CCOC(=O)COc1ccc(/C=C2\SC(=NC(=O)CC)C(C(=O)OCC)=C2O)cc1. The third kappa shape index (κ3) is 6.21. The minimum Gasteiger partial charge on any atom is -0.506 e. The molecule has 0 unspecified atom stereocenters. The zero-order valence-electron chi connectivity index (χ0n) is 17.0. The molecule has 9 heteroatoms. The van der Waals surface area contributed by atoms with Gasteiger partial charge in [0.05, 0.1) is 18.1 Å². The first kappa shape index (κ1) is 23.2. The van der Waals surface area contributed by atoms with Crippen LogP contribution in [0.3, 0.4) is 0 Å². The Morgan fingerprint density at radius 1 is 1.07 bits per heavy atom. The highest BCUT2D eigenvalue weighted by Gasteiger charge is 2.33. The molecular weight excluding hydrogens is 410 g/mol. The average molecular weight is 433 g/mol. The summed E-state index contributed by atoms with van der Waals surface area (Å²) in [6, 6.07) is 6.76. The van der Waals surface area contributed by atoms with Gasteiger partial charge in [-0.15, -0.1) is 0 Å². The number of hydrogen-bond acceptors (Lipinski definition) is 8. The van der Waals surface area contributed by atoms with E-state index in [2.05, 4.69) is 4.99 Å². The van der Waals surface area contributed by atoms with Gasteiger partial charge < -0.3 is 19.3 Å². The highest BCUT2D eigenvalue weighted by Crippen LogP contribution is 2.39. The van der Waals surface area contributed by atoms with Crippen LogP contribution in [0.15, 0.2) is 45.5 Å². The lowest BCUT2D eigenvalue weighted by Crippen LogP contribution is -2.14. The van der Waals surface area contributed by atoms with Crippen LogP contribution in [0, 0.1) is 0 Å². The van der Waals surface area contributed by atoms with Gasteiger partial charge in [0.15, 0.2) is 6.61 Å². The molecule has 0 saturated heterocycles. The number of thioether (sulfide) groups is 1. The van der Waals surface area contributed by atoms with Crippen molar-refractivity contribution in [2.45, 2.75) is 27.2 Å². The Bertz CT molecular complexity index is 900. The monoisotopic (exact) mass is 433 g/mol. The van der Waals surface area contributed by atoms with Crippen LogP contribution in [-0.4, -0.2) is 47.8 Å². The number of carbonyl (C=O) groups excluding carboxylic acids is 3. The largest absolute Gasteiger partial charge is 0.506 e. The van der Waals surface area contributed by atoms with Gasteiger partial charge in [-0.3, -0.25) is 4.79 Å². The third-order valence-electron chi connectivity index (χ3n) is 3.74. The maximum Gasteiger partial charge on any atom is 0.344 e. The van der Waals surface area contributed by atoms with E-state index in [0.717, 1.165) is 11.8 Å². The Hall–Kier alpha value is -3.07. The van der Waals surface area contributed by atoms with Crippen LogP contribution in [0.4, 0.5) is 0 Å². The molecule has 1 amide bonds. The molecule has 0 radical (unpaired) electrons. The zero-order chi connectivity index (χ0) is 22.1. The fourth-order valence-electron chi connectivity index (χ4n) is 2.34. The summed E-state index contributed by atoms with van der Waals surface area (Å²) in [4.78, 5) is 39.6. The van der Waals surface area contributed by atoms with Gasteiger partial charge in [-0.2, -0.15) is 0 Å². The first-order valence-electron chi connectivity index (χ1n) is 9.40. The Morgan fingerprint density at radius 3 is 2.33 bits per heavy atom. The molecule has 0 saturated carbocycles. The van der Waals surface area contributed by atoms with E-state index in [0.29, 0.717) is 16.2 Å². The second-order valence-corrected chi connectivity index (χ2v) is 6.91. The summed E-state index contributed by atoms with van der Waals surface area (Å²) in [7, 11) is 0. The lowest BCUT2D eigenvalue weighted by atomic mass is 10.1. The summed E-state index contributed by atoms with van der Waals surface area (Å²) in [5.74, 6) is -1.41. The first-order valence-corrected chi connectivity index (χ1v) is 10.2. The smallest absolute Gasteiger partial charge is 0.344 e. The van der Waals surface area contributed by atoms with Crippen LogP contribution in [0.25, 0.3) is 6.08 Å². The predicted octanol–water partition coefficient (Wildman–Crippen LogP) is 3.43. The zero-order valence-corrected chi connectivity index (χ0v) is 17.8. The number of benzene rings is 1. The van der Waals surface area contributed by atoms with E-state index >= 15 is 0 Å². The molecule has 1 aliphatic rings. The topological polar surface area (TPSA) is 111 Å². The van der Waals surface area contributed by atoms with E-state index in [9.17, 15) is 19.5 Å². The molecule has 0 fully saturated rings. The molecule has 0 bridgehead atoms. The molecule has 8 nitrogen and oxygen atoms in total. The van der Waals surface area contributed by atoms with Gasteiger partial charge in [-0.05, 0) is 37.6 Å². The van der Waals surface area contributed by atoms with E-state index in [1.165, 1.54) is 0 Å². The van der Waals surface area contributed by atoms with Crippen LogP contribution in [-0.2, 0) is 23.9 Å². The number of amides is 1. The van der Waals surface area contributed by atoms with E-state index in [1.807, 2.05) is 0 Å².